The predicted octanol–water partition coefficient (Wildman–Crippen LogP) is 2.99. The van der Waals surface area contributed by atoms with Gasteiger partial charge in [-0.25, -0.2) is 14.5 Å². The molecule has 1 atom stereocenters. The van der Waals surface area contributed by atoms with E-state index < -0.39 is 6.09 Å². The second-order valence-corrected chi connectivity index (χ2v) is 7.11. The Morgan fingerprint density at radius 2 is 2.14 bits per heavy atom. The summed E-state index contributed by atoms with van der Waals surface area (Å²) in [7, 11) is 1.64. The minimum Gasteiger partial charge on any atom is -0.497 e. The molecule has 8 nitrogen and oxygen atoms in total. The van der Waals surface area contributed by atoms with Gasteiger partial charge in [-0.3, -0.25) is 0 Å². The molecule has 0 aliphatic carbocycles. The molecule has 3 aromatic rings. The number of nitrogens with one attached hydrogen (secondary N) is 1. The monoisotopic (exact) mass is 401 g/mol. The van der Waals surface area contributed by atoms with Crippen LogP contribution in [0.25, 0.3) is 11.0 Å². The largest absolute Gasteiger partial charge is 0.497 e. The van der Waals surface area contributed by atoms with Crippen LogP contribution in [0.4, 0.5) is 10.6 Å². The molecule has 4 rings (SSSR count). The van der Waals surface area contributed by atoms with E-state index in [1.807, 2.05) is 28.9 Å². The van der Waals surface area contributed by atoms with Crippen LogP contribution in [-0.4, -0.2) is 52.2 Å². The molecule has 1 amide bonds. The fourth-order valence-electron chi connectivity index (χ4n) is 3.52. The third-order valence-electron chi connectivity index (χ3n) is 4.87. The first-order chi connectivity index (χ1) is 13.5. The van der Waals surface area contributed by atoms with Gasteiger partial charge in [0.05, 0.1) is 30.1 Å². The molecule has 1 fully saturated rings. The molecule has 0 spiro atoms. The number of rotatable bonds is 5. The minimum absolute atomic E-state index is 0.130. The normalized spacial score (nSPS) is 16.5. The summed E-state index contributed by atoms with van der Waals surface area (Å²) in [4.78, 5) is 17.5. The Morgan fingerprint density at radius 1 is 1.36 bits per heavy atom. The van der Waals surface area contributed by atoms with Gasteiger partial charge in [-0.15, -0.1) is 0 Å². The predicted molar refractivity (Wildman–Crippen MR) is 106 cm³/mol. The summed E-state index contributed by atoms with van der Waals surface area (Å²) in [6.07, 6.45) is 1.37. The highest BCUT2D eigenvalue weighted by molar-refractivity contribution is 6.36. The van der Waals surface area contributed by atoms with Crippen molar-refractivity contribution < 1.29 is 14.6 Å². The molecule has 146 valence electrons. The molecule has 0 bridgehead atoms. The molecule has 0 radical (unpaired) electrons. The van der Waals surface area contributed by atoms with E-state index in [1.54, 1.807) is 19.4 Å². The van der Waals surface area contributed by atoms with Crippen LogP contribution < -0.4 is 15.0 Å². The molecule has 3 heterocycles. The lowest BCUT2D eigenvalue weighted by Gasteiger charge is -2.16. The number of pyridine rings is 1. The van der Waals surface area contributed by atoms with E-state index in [4.69, 9.17) is 26.5 Å². The minimum atomic E-state index is -1.01. The lowest BCUT2D eigenvalue weighted by molar-refractivity contribution is 0.191. The van der Waals surface area contributed by atoms with Gasteiger partial charge < -0.3 is 20.1 Å². The maximum Gasteiger partial charge on any atom is 0.404 e. The van der Waals surface area contributed by atoms with E-state index >= 15 is 0 Å². The molecular weight excluding hydrogens is 382 g/mol. The molecule has 0 saturated carbocycles. The van der Waals surface area contributed by atoms with Crippen LogP contribution in [0.3, 0.4) is 0 Å². The summed E-state index contributed by atoms with van der Waals surface area (Å²) in [6.45, 7) is 1.79. The van der Waals surface area contributed by atoms with Crippen LogP contribution in [-0.2, 0) is 6.54 Å². The van der Waals surface area contributed by atoms with Crippen molar-refractivity contribution in [3.8, 4) is 5.75 Å². The molecule has 1 unspecified atom stereocenters. The summed E-state index contributed by atoms with van der Waals surface area (Å²) in [5.74, 6) is 1.53. The number of aromatic nitrogens is 3. The lowest BCUT2D eigenvalue weighted by Crippen LogP contribution is -2.36. The number of halogens is 1. The Morgan fingerprint density at radius 3 is 2.86 bits per heavy atom. The number of methoxy groups -OCH3 is 1. The molecule has 2 N–H and O–H groups in total. The van der Waals surface area contributed by atoms with Gasteiger partial charge >= 0.3 is 6.09 Å². The van der Waals surface area contributed by atoms with E-state index in [0.29, 0.717) is 30.3 Å². The number of ether oxygens (including phenoxy) is 1. The Labute approximate surface area is 166 Å². The van der Waals surface area contributed by atoms with E-state index in [1.165, 1.54) is 0 Å². The molecule has 9 heteroatoms. The average molecular weight is 402 g/mol. The number of carboxylic acid groups (broad SMARTS) is 1. The number of anilines is 1. The van der Waals surface area contributed by atoms with Crippen LogP contribution in [0.2, 0.25) is 5.02 Å². The lowest BCUT2D eigenvalue weighted by atomic mass is 10.2. The van der Waals surface area contributed by atoms with Crippen LogP contribution in [0, 0.1) is 0 Å². The summed E-state index contributed by atoms with van der Waals surface area (Å²) in [5, 5.41) is 17.6. The Kier molecular flexibility index (Phi) is 4.95. The zero-order valence-electron chi connectivity index (χ0n) is 15.3. The third-order valence-corrected chi connectivity index (χ3v) is 5.19. The number of carbonyl (C=O) groups is 1. The highest BCUT2D eigenvalue weighted by atomic mass is 35.5. The van der Waals surface area contributed by atoms with Crippen molar-refractivity contribution in [3.05, 3.63) is 47.1 Å². The van der Waals surface area contributed by atoms with Crippen molar-refractivity contribution in [1.29, 1.82) is 0 Å². The van der Waals surface area contributed by atoms with Crippen LogP contribution >= 0.6 is 11.6 Å². The zero-order valence-corrected chi connectivity index (χ0v) is 16.1. The van der Waals surface area contributed by atoms with Crippen molar-refractivity contribution in [1.82, 2.24) is 20.1 Å². The molecular formula is C19H20ClN5O3. The van der Waals surface area contributed by atoms with Crippen molar-refractivity contribution >= 4 is 34.5 Å². The van der Waals surface area contributed by atoms with E-state index in [-0.39, 0.29) is 6.04 Å². The van der Waals surface area contributed by atoms with Gasteiger partial charge in [-0.2, -0.15) is 5.10 Å². The summed E-state index contributed by atoms with van der Waals surface area (Å²) in [6, 6.07) is 9.40. The summed E-state index contributed by atoms with van der Waals surface area (Å²) in [5.41, 5.74) is 1.76. The molecule has 1 aliphatic heterocycles. The molecule has 1 aliphatic rings. The van der Waals surface area contributed by atoms with Gasteiger partial charge in [0.2, 0.25) is 0 Å². The van der Waals surface area contributed by atoms with Gasteiger partial charge in [0, 0.05) is 19.3 Å². The number of nitrogens with zero attached hydrogens (tertiary/aromatic N) is 4. The quantitative estimate of drug-likeness (QED) is 0.682. The molecule has 2 aromatic heterocycles. The highest BCUT2D eigenvalue weighted by Crippen LogP contribution is 2.33. The average Bonchev–Trinajstić information content (AvgIpc) is 3.27. The number of amides is 1. The fourth-order valence-corrected chi connectivity index (χ4v) is 3.75. The number of fused-ring (bicyclic) bond motifs is 1. The van der Waals surface area contributed by atoms with Crippen LogP contribution in [0.5, 0.6) is 5.75 Å². The first-order valence-electron chi connectivity index (χ1n) is 8.93. The SMILES string of the molecule is COc1ccc(Cn2nc(N3CCC(NC(=O)O)C3)c3c(Cl)ccnc32)cc1. The van der Waals surface area contributed by atoms with Gasteiger partial charge in [0.25, 0.3) is 0 Å². The van der Waals surface area contributed by atoms with E-state index in [0.717, 1.165) is 28.9 Å². The van der Waals surface area contributed by atoms with Gasteiger partial charge in [-0.1, -0.05) is 23.7 Å². The fraction of sp³-hybridized carbons (Fsp3) is 0.316. The third kappa shape index (κ3) is 3.55. The maximum atomic E-state index is 10.9. The molecule has 1 aromatic carbocycles. The molecule has 28 heavy (non-hydrogen) atoms. The Hall–Kier alpha value is -3.00. The van der Waals surface area contributed by atoms with Gasteiger partial charge in [0.15, 0.2) is 11.5 Å². The highest BCUT2D eigenvalue weighted by Gasteiger charge is 2.28. The van der Waals surface area contributed by atoms with Crippen molar-refractivity contribution in [2.24, 2.45) is 0 Å². The first kappa shape index (κ1) is 18.4. The van der Waals surface area contributed by atoms with Gasteiger partial charge in [0.1, 0.15) is 5.75 Å². The van der Waals surface area contributed by atoms with Crippen molar-refractivity contribution in [3.63, 3.8) is 0 Å². The van der Waals surface area contributed by atoms with Crippen molar-refractivity contribution in [2.75, 3.05) is 25.1 Å². The smallest absolute Gasteiger partial charge is 0.404 e. The maximum absolute atomic E-state index is 10.9. The van der Waals surface area contributed by atoms with Crippen molar-refractivity contribution in [2.45, 2.75) is 19.0 Å². The zero-order chi connectivity index (χ0) is 19.7. The van der Waals surface area contributed by atoms with E-state index in [2.05, 4.69) is 15.2 Å². The van der Waals surface area contributed by atoms with Gasteiger partial charge in [-0.05, 0) is 30.2 Å². The topological polar surface area (TPSA) is 92.5 Å². The first-order valence-corrected chi connectivity index (χ1v) is 9.31. The second-order valence-electron chi connectivity index (χ2n) is 6.70. The Bertz CT molecular complexity index is 1000. The Balaban J connectivity index is 1.67. The number of benzene rings is 1. The summed E-state index contributed by atoms with van der Waals surface area (Å²) < 4.78 is 7.04. The standard InChI is InChI=1S/C19H20ClN5O3/c1-28-14-4-2-12(3-5-14)10-25-17-16(15(20)6-8-21-17)18(23-25)24-9-7-13(11-24)22-19(26)27/h2-6,8,13,22H,7,9-11H2,1H3,(H,26,27). The van der Waals surface area contributed by atoms with Crippen LogP contribution in [0.15, 0.2) is 36.5 Å². The second kappa shape index (κ2) is 7.55. The number of hydrogen-bond donors (Lipinski definition) is 2. The number of hydrogen-bond acceptors (Lipinski definition) is 5. The van der Waals surface area contributed by atoms with E-state index in [9.17, 15) is 4.79 Å². The summed E-state index contributed by atoms with van der Waals surface area (Å²) >= 11 is 6.47. The molecule has 1 saturated heterocycles. The van der Waals surface area contributed by atoms with Crippen LogP contribution in [0.1, 0.15) is 12.0 Å².